The number of hydrogen-bond acceptors (Lipinski definition) is 2. The number of hydrogen-bond donors (Lipinski definition) is 2. The molecule has 2 atom stereocenters. The van der Waals surface area contributed by atoms with Gasteiger partial charge in [-0.25, -0.2) is 0 Å². The Labute approximate surface area is 90.4 Å². The third kappa shape index (κ3) is 22.7. The van der Waals surface area contributed by atoms with Gasteiger partial charge in [-0.2, -0.15) is 0 Å². The van der Waals surface area contributed by atoms with Crippen LogP contribution in [0, 0.1) is 11.8 Å². The van der Waals surface area contributed by atoms with Gasteiger partial charge in [0.15, 0.2) is 0 Å². The third-order valence-corrected chi connectivity index (χ3v) is 1.69. The van der Waals surface area contributed by atoms with Crippen LogP contribution in [0.1, 0.15) is 54.4 Å². The first-order valence-electron chi connectivity index (χ1n) is 5.76. The first kappa shape index (κ1) is 16.4. The molecule has 88 valence electrons. The fourth-order valence-electron chi connectivity index (χ4n) is 1.49. The molecule has 4 N–H and O–H groups in total. The van der Waals surface area contributed by atoms with Crippen LogP contribution in [0.2, 0.25) is 0 Å². The molecule has 2 unspecified atom stereocenters. The lowest BCUT2D eigenvalue weighted by Crippen LogP contribution is -2.16. The maximum Gasteiger partial charge on any atom is 0.00129 e. The molecular formula is C12H30N2. The maximum atomic E-state index is 5.49. The van der Waals surface area contributed by atoms with Crippen molar-refractivity contribution in [3.05, 3.63) is 0 Å². The highest BCUT2D eigenvalue weighted by molar-refractivity contribution is 4.55. The van der Waals surface area contributed by atoms with Crippen LogP contribution in [0.5, 0.6) is 0 Å². The van der Waals surface area contributed by atoms with E-state index in [1.54, 1.807) is 0 Å². The lowest BCUT2D eigenvalue weighted by molar-refractivity contribution is 0.520. The van der Waals surface area contributed by atoms with Crippen molar-refractivity contribution in [2.24, 2.45) is 23.3 Å². The molecule has 2 heteroatoms. The van der Waals surface area contributed by atoms with Gasteiger partial charge in [0, 0.05) is 12.1 Å². The molecule has 0 fully saturated rings. The zero-order chi connectivity index (χ0) is 11.7. The topological polar surface area (TPSA) is 52.0 Å². The molecule has 0 heterocycles. The van der Waals surface area contributed by atoms with Crippen LogP contribution in [-0.4, -0.2) is 12.1 Å². The minimum atomic E-state index is 0.375. The van der Waals surface area contributed by atoms with Gasteiger partial charge in [-0.3, -0.25) is 0 Å². The van der Waals surface area contributed by atoms with Gasteiger partial charge >= 0.3 is 0 Å². The van der Waals surface area contributed by atoms with E-state index in [4.69, 9.17) is 11.5 Å². The van der Waals surface area contributed by atoms with Crippen molar-refractivity contribution in [2.45, 2.75) is 66.5 Å². The SMILES string of the molecule is CC(C)CC(C)N.CC(C)CC(C)N. The highest BCUT2D eigenvalue weighted by Crippen LogP contribution is 2.00. The lowest BCUT2D eigenvalue weighted by atomic mass is 10.1. The predicted octanol–water partition coefficient (Wildman–Crippen LogP) is 2.76. The zero-order valence-electron chi connectivity index (χ0n) is 10.9. The second-order valence-corrected chi connectivity index (χ2v) is 5.21. The van der Waals surface area contributed by atoms with Gasteiger partial charge in [-0.1, -0.05) is 27.7 Å². The molecule has 0 bridgehead atoms. The standard InChI is InChI=1S/2C6H15N/c2*1-5(2)4-6(3)7/h2*5-6H,4,7H2,1-3H3. The normalized spacial score (nSPS) is 15.0. The fourth-order valence-corrected chi connectivity index (χ4v) is 1.49. The van der Waals surface area contributed by atoms with E-state index >= 15 is 0 Å². The predicted molar refractivity (Wildman–Crippen MR) is 66.2 cm³/mol. The summed E-state index contributed by atoms with van der Waals surface area (Å²) in [5.41, 5.74) is 11.0. The Kier molecular flexibility index (Phi) is 11.1. The molecule has 2 nitrogen and oxygen atoms in total. The van der Waals surface area contributed by atoms with E-state index in [2.05, 4.69) is 27.7 Å². The zero-order valence-corrected chi connectivity index (χ0v) is 10.9. The molecule has 0 aromatic heterocycles. The van der Waals surface area contributed by atoms with Gasteiger partial charge < -0.3 is 11.5 Å². The second kappa shape index (κ2) is 9.47. The van der Waals surface area contributed by atoms with Gasteiger partial charge in [0.05, 0.1) is 0 Å². The molecule has 0 spiro atoms. The van der Waals surface area contributed by atoms with Gasteiger partial charge in [0.1, 0.15) is 0 Å². The first-order valence-corrected chi connectivity index (χ1v) is 5.76. The Morgan fingerprint density at radius 3 is 0.857 bits per heavy atom. The summed E-state index contributed by atoms with van der Waals surface area (Å²) in [5.74, 6) is 1.50. The molecule has 0 radical (unpaired) electrons. The molecule has 14 heavy (non-hydrogen) atoms. The molecule has 0 aromatic rings. The molecule has 0 saturated carbocycles. The average molecular weight is 202 g/mol. The van der Waals surface area contributed by atoms with Gasteiger partial charge in [0.25, 0.3) is 0 Å². The Morgan fingerprint density at radius 2 is 0.857 bits per heavy atom. The monoisotopic (exact) mass is 202 g/mol. The van der Waals surface area contributed by atoms with Crippen LogP contribution in [0.4, 0.5) is 0 Å². The number of nitrogens with two attached hydrogens (primary N) is 2. The van der Waals surface area contributed by atoms with Crippen LogP contribution < -0.4 is 11.5 Å². The van der Waals surface area contributed by atoms with E-state index < -0.39 is 0 Å². The summed E-state index contributed by atoms with van der Waals surface area (Å²) in [6.45, 7) is 12.8. The smallest absolute Gasteiger partial charge is 0.00129 e. The second-order valence-electron chi connectivity index (χ2n) is 5.21. The molecule has 0 amide bonds. The minimum Gasteiger partial charge on any atom is -0.328 e. The van der Waals surface area contributed by atoms with Crippen molar-refractivity contribution in [1.29, 1.82) is 0 Å². The maximum absolute atomic E-state index is 5.49. The van der Waals surface area contributed by atoms with Crippen LogP contribution in [-0.2, 0) is 0 Å². The van der Waals surface area contributed by atoms with E-state index in [1.165, 1.54) is 0 Å². The summed E-state index contributed by atoms with van der Waals surface area (Å²) in [6, 6.07) is 0.750. The van der Waals surface area contributed by atoms with Crippen molar-refractivity contribution in [3.63, 3.8) is 0 Å². The van der Waals surface area contributed by atoms with Crippen LogP contribution in [0.15, 0.2) is 0 Å². The van der Waals surface area contributed by atoms with E-state index in [0.29, 0.717) is 12.1 Å². The molecule has 0 rings (SSSR count). The fraction of sp³-hybridized carbons (Fsp3) is 1.00. The summed E-state index contributed by atoms with van der Waals surface area (Å²) < 4.78 is 0. The van der Waals surface area contributed by atoms with Crippen molar-refractivity contribution >= 4 is 0 Å². The number of rotatable bonds is 4. The molecular weight excluding hydrogens is 172 g/mol. The van der Waals surface area contributed by atoms with Crippen LogP contribution >= 0.6 is 0 Å². The molecule has 0 aliphatic heterocycles. The molecule has 0 aliphatic rings. The van der Waals surface area contributed by atoms with Crippen molar-refractivity contribution in [2.75, 3.05) is 0 Å². The summed E-state index contributed by atoms with van der Waals surface area (Å²) >= 11 is 0. The molecule has 0 aliphatic carbocycles. The van der Waals surface area contributed by atoms with Gasteiger partial charge in [-0.05, 0) is 38.5 Å². The van der Waals surface area contributed by atoms with Crippen molar-refractivity contribution < 1.29 is 0 Å². The molecule has 0 saturated heterocycles. The first-order chi connectivity index (χ1) is 6.25. The van der Waals surface area contributed by atoms with Crippen LogP contribution in [0.3, 0.4) is 0 Å². The Hall–Kier alpha value is -0.0800. The Bertz CT molecular complexity index is 80.9. The average Bonchev–Trinajstić information content (AvgIpc) is 1.79. The Balaban J connectivity index is 0. The van der Waals surface area contributed by atoms with Gasteiger partial charge in [0.2, 0.25) is 0 Å². The largest absolute Gasteiger partial charge is 0.328 e. The summed E-state index contributed by atoms with van der Waals surface area (Å²) in [6.07, 6.45) is 2.28. The van der Waals surface area contributed by atoms with Gasteiger partial charge in [-0.15, -0.1) is 0 Å². The third-order valence-electron chi connectivity index (χ3n) is 1.69. The Morgan fingerprint density at radius 1 is 0.643 bits per heavy atom. The lowest BCUT2D eigenvalue weighted by Gasteiger charge is -2.05. The van der Waals surface area contributed by atoms with E-state index in [0.717, 1.165) is 24.7 Å². The summed E-state index contributed by atoms with van der Waals surface area (Å²) in [4.78, 5) is 0. The quantitative estimate of drug-likeness (QED) is 0.736. The van der Waals surface area contributed by atoms with Crippen molar-refractivity contribution in [3.8, 4) is 0 Å². The highest BCUT2D eigenvalue weighted by atomic mass is 14.6. The van der Waals surface area contributed by atoms with E-state index in [9.17, 15) is 0 Å². The van der Waals surface area contributed by atoms with Crippen molar-refractivity contribution in [1.82, 2.24) is 0 Å². The minimum absolute atomic E-state index is 0.375. The highest BCUT2D eigenvalue weighted by Gasteiger charge is 1.96. The van der Waals surface area contributed by atoms with E-state index in [-0.39, 0.29) is 0 Å². The molecule has 0 aromatic carbocycles. The van der Waals surface area contributed by atoms with E-state index in [1.807, 2.05) is 13.8 Å². The summed E-state index contributed by atoms with van der Waals surface area (Å²) in [5, 5.41) is 0. The summed E-state index contributed by atoms with van der Waals surface area (Å²) in [7, 11) is 0. The van der Waals surface area contributed by atoms with Crippen LogP contribution in [0.25, 0.3) is 0 Å².